The summed E-state index contributed by atoms with van der Waals surface area (Å²) in [5, 5.41) is 3.36. The smallest absolute Gasteiger partial charge is 0.314 e. The highest BCUT2D eigenvalue weighted by Crippen LogP contribution is 2.62. The van der Waals surface area contributed by atoms with E-state index in [1.807, 2.05) is 6.92 Å². The summed E-state index contributed by atoms with van der Waals surface area (Å²) < 4.78 is 71.7. The summed E-state index contributed by atoms with van der Waals surface area (Å²) in [5.41, 5.74) is 4.21. The molecule has 8 heteroatoms. The Balaban J connectivity index is 1.63. The predicted octanol–water partition coefficient (Wildman–Crippen LogP) is 7.29. The second kappa shape index (κ2) is 10.9. The minimum absolute atomic E-state index is 0.00609. The van der Waals surface area contributed by atoms with Gasteiger partial charge in [-0.05, 0) is 61.0 Å². The Kier molecular flexibility index (Phi) is 8.42. The van der Waals surface area contributed by atoms with Crippen LogP contribution >= 0.6 is 0 Å². The van der Waals surface area contributed by atoms with Gasteiger partial charge in [0.1, 0.15) is 0 Å². The van der Waals surface area contributed by atoms with Gasteiger partial charge in [-0.25, -0.2) is 0 Å². The lowest BCUT2D eigenvalue weighted by atomic mass is 9.56. The highest BCUT2D eigenvalue weighted by molar-refractivity contribution is 5.38. The zero-order valence-corrected chi connectivity index (χ0v) is 22.4. The van der Waals surface area contributed by atoms with Gasteiger partial charge in [-0.3, -0.25) is 4.90 Å². The normalized spacial score (nSPS) is 32.9. The standard InChI is InChI=1S/C29H41F5N2O/c1-5-6-19(2)26-20(3)24-11-12-25(37-29(33,34)28(30,31)32)27(24,4)17-23(26)22-9-7-21(8-10-22)18-36-15-13-35-14-16-36/h7-10,20,23-25,35H,5-6,11-18H2,1-4H3. The average molecular weight is 529 g/mol. The van der Waals surface area contributed by atoms with Crippen molar-refractivity contribution in [2.75, 3.05) is 26.2 Å². The van der Waals surface area contributed by atoms with Gasteiger partial charge in [-0.15, -0.1) is 0 Å². The van der Waals surface area contributed by atoms with E-state index >= 15 is 0 Å². The Morgan fingerprint density at radius 3 is 2.32 bits per heavy atom. The van der Waals surface area contributed by atoms with Crippen LogP contribution in [0.1, 0.15) is 76.8 Å². The first kappa shape index (κ1) is 28.5. The fraction of sp³-hybridized carbons (Fsp3) is 0.724. The molecule has 2 saturated carbocycles. The number of nitrogens with zero attached hydrogens (tertiary/aromatic N) is 1. The molecule has 3 nitrogen and oxygen atoms in total. The SMILES string of the molecule is CCCC(C)=C1C(c2ccc(CN3CCNCC3)cc2)CC2(C)C(OC(F)(F)C(F)(F)F)CCC2C1C. The van der Waals surface area contributed by atoms with Crippen LogP contribution in [0.3, 0.4) is 0 Å². The van der Waals surface area contributed by atoms with Crippen LogP contribution in [0.5, 0.6) is 0 Å². The van der Waals surface area contributed by atoms with Crippen LogP contribution in [-0.2, 0) is 11.3 Å². The highest BCUT2D eigenvalue weighted by Gasteiger charge is 2.64. The van der Waals surface area contributed by atoms with Gasteiger partial charge >= 0.3 is 12.3 Å². The molecule has 1 saturated heterocycles. The number of halogens is 5. The van der Waals surface area contributed by atoms with E-state index in [0.29, 0.717) is 12.8 Å². The van der Waals surface area contributed by atoms with Crippen molar-refractivity contribution < 1.29 is 26.7 Å². The molecule has 5 atom stereocenters. The molecular weight excluding hydrogens is 487 g/mol. The first-order chi connectivity index (χ1) is 17.4. The van der Waals surface area contributed by atoms with E-state index in [1.165, 1.54) is 16.7 Å². The van der Waals surface area contributed by atoms with E-state index in [9.17, 15) is 22.0 Å². The Labute approximate surface area is 217 Å². The van der Waals surface area contributed by atoms with Crippen LogP contribution in [0.15, 0.2) is 35.4 Å². The van der Waals surface area contributed by atoms with Crippen LogP contribution in [0.4, 0.5) is 22.0 Å². The van der Waals surface area contributed by atoms with Crippen molar-refractivity contribution in [1.82, 2.24) is 10.2 Å². The molecule has 4 rings (SSSR count). The van der Waals surface area contributed by atoms with Crippen LogP contribution in [0.2, 0.25) is 0 Å². The summed E-state index contributed by atoms with van der Waals surface area (Å²) in [6, 6.07) is 8.55. The number of benzene rings is 1. The quantitative estimate of drug-likeness (QED) is 0.297. The molecule has 37 heavy (non-hydrogen) atoms. The van der Waals surface area contributed by atoms with Crippen LogP contribution in [-0.4, -0.2) is 49.5 Å². The number of fused-ring (bicyclic) bond motifs is 1. The van der Waals surface area contributed by atoms with Gasteiger partial charge in [0, 0.05) is 38.6 Å². The molecule has 0 bridgehead atoms. The second-order valence-corrected chi connectivity index (χ2v) is 11.6. The minimum Gasteiger partial charge on any atom is -0.314 e. The molecule has 0 aromatic heterocycles. The topological polar surface area (TPSA) is 24.5 Å². The molecule has 5 unspecified atom stereocenters. The summed E-state index contributed by atoms with van der Waals surface area (Å²) in [7, 11) is 0. The lowest BCUT2D eigenvalue weighted by molar-refractivity contribution is -0.408. The molecule has 3 aliphatic rings. The number of ether oxygens (including phenoxy) is 1. The van der Waals surface area contributed by atoms with Crippen molar-refractivity contribution in [1.29, 1.82) is 0 Å². The molecular formula is C29H41F5N2O. The number of hydrogen-bond acceptors (Lipinski definition) is 3. The van der Waals surface area contributed by atoms with Crippen molar-refractivity contribution in [3.05, 3.63) is 46.5 Å². The first-order valence-corrected chi connectivity index (χ1v) is 13.7. The summed E-state index contributed by atoms with van der Waals surface area (Å²) in [6.45, 7) is 13.2. The zero-order valence-electron chi connectivity index (χ0n) is 22.4. The summed E-state index contributed by atoms with van der Waals surface area (Å²) in [6.07, 6.45) is -8.73. The Morgan fingerprint density at radius 1 is 1.08 bits per heavy atom. The number of piperazine rings is 1. The molecule has 0 radical (unpaired) electrons. The van der Waals surface area contributed by atoms with Gasteiger partial charge in [0.2, 0.25) is 0 Å². The molecule has 208 valence electrons. The molecule has 1 aromatic carbocycles. The number of alkyl halides is 5. The van der Waals surface area contributed by atoms with E-state index in [-0.39, 0.29) is 24.2 Å². The molecule has 1 aliphatic heterocycles. The minimum atomic E-state index is -5.72. The number of nitrogens with one attached hydrogen (secondary N) is 1. The van der Waals surface area contributed by atoms with Crippen molar-refractivity contribution in [2.45, 2.75) is 90.7 Å². The zero-order chi connectivity index (χ0) is 27.0. The molecule has 0 amide bonds. The van der Waals surface area contributed by atoms with E-state index in [1.54, 1.807) is 0 Å². The van der Waals surface area contributed by atoms with Gasteiger partial charge in [-0.2, -0.15) is 22.0 Å². The number of allylic oxidation sites excluding steroid dienone is 2. The first-order valence-electron chi connectivity index (χ1n) is 13.7. The maximum absolute atomic E-state index is 14.0. The predicted molar refractivity (Wildman–Crippen MR) is 135 cm³/mol. The van der Waals surface area contributed by atoms with E-state index in [2.05, 4.69) is 60.0 Å². The summed E-state index contributed by atoms with van der Waals surface area (Å²) in [5.74, 6) is 0.0651. The summed E-state index contributed by atoms with van der Waals surface area (Å²) >= 11 is 0. The van der Waals surface area contributed by atoms with Crippen molar-refractivity contribution in [3.63, 3.8) is 0 Å². The largest absolute Gasteiger partial charge is 0.482 e. The Morgan fingerprint density at radius 2 is 1.73 bits per heavy atom. The summed E-state index contributed by atoms with van der Waals surface area (Å²) in [4.78, 5) is 2.41. The maximum atomic E-state index is 14.0. The molecule has 2 aliphatic carbocycles. The van der Waals surface area contributed by atoms with E-state index in [0.717, 1.165) is 51.1 Å². The maximum Gasteiger partial charge on any atom is 0.482 e. The molecule has 0 spiro atoms. The number of rotatable bonds is 7. The molecule has 3 fully saturated rings. The van der Waals surface area contributed by atoms with Crippen molar-refractivity contribution >= 4 is 0 Å². The Bertz CT molecular complexity index is 954. The van der Waals surface area contributed by atoms with Gasteiger partial charge in [-0.1, -0.05) is 62.6 Å². The molecule has 1 aromatic rings. The van der Waals surface area contributed by atoms with Gasteiger partial charge in [0.25, 0.3) is 0 Å². The third kappa shape index (κ3) is 5.76. The van der Waals surface area contributed by atoms with Crippen molar-refractivity contribution in [2.24, 2.45) is 17.3 Å². The average Bonchev–Trinajstić information content (AvgIpc) is 3.15. The van der Waals surface area contributed by atoms with Gasteiger partial charge in [0.15, 0.2) is 0 Å². The molecule has 1 N–H and O–H groups in total. The fourth-order valence-electron chi connectivity index (χ4n) is 7.34. The third-order valence-electron chi connectivity index (χ3n) is 9.17. The lowest BCUT2D eigenvalue weighted by Crippen LogP contribution is -2.49. The van der Waals surface area contributed by atoms with E-state index in [4.69, 9.17) is 0 Å². The van der Waals surface area contributed by atoms with E-state index < -0.39 is 23.8 Å². The second-order valence-electron chi connectivity index (χ2n) is 11.6. The van der Waals surface area contributed by atoms with Crippen LogP contribution in [0, 0.1) is 17.3 Å². The van der Waals surface area contributed by atoms with Crippen LogP contribution < -0.4 is 5.32 Å². The highest BCUT2D eigenvalue weighted by atomic mass is 19.4. The van der Waals surface area contributed by atoms with Gasteiger partial charge < -0.3 is 10.1 Å². The lowest BCUT2D eigenvalue weighted by Gasteiger charge is -2.50. The molecule has 1 heterocycles. The van der Waals surface area contributed by atoms with Gasteiger partial charge in [0.05, 0.1) is 6.10 Å². The number of hydrogen-bond donors (Lipinski definition) is 1. The van der Waals surface area contributed by atoms with Crippen molar-refractivity contribution in [3.8, 4) is 0 Å². The third-order valence-corrected chi connectivity index (χ3v) is 9.17. The Hall–Kier alpha value is -1.51. The fourth-order valence-corrected chi connectivity index (χ4v) is 7.34. The monoisotopic (exact) mass is 528 g/mol. The van der Waals surface area contributed by atoms with Crippen LogP contribution in [0.25, 0.3) is 0 Å².